The van der Waals surface area contributed by atoms with Gasteiger partial charge in [0.2, 0.25) is 11.9 Å². The zero-order valence-corrected chi connectivity index (χ0v) is 26.9. The Morgan fingerprint density at radius 2 is 1.40 bits per heavy atom. The quantitative estimate of drug-likeness (QED) is 0.167. The van der Waals surface area contributed by atoms with Gasteiger partial charge in [-0.2, -0.15) is 15.0 Å². The number of hydrogen-bond acceptors (Lipinski definition) is 9. The van der Waals surface area contributed by atoms with Gasteiger partial charge >= 0.3 is 6.03 Å². The highest BCUT2D eigenvalue weighted by molar-refractivity contribution is 6.00. The van der Waals surface area contributed by atoms with Gasteiger partial charge in [-0.3, -0.25) is 4.79 Å². The molecule has 0 spiro atoms. The number of urea groups is 1. The van der Waals surface area contributed by atoms with E-state index in [-0.39, 0.29) is 5.91 Å². The second-order valence-electron chi connectivity index (χ2n) is 11.7. The minimum atomic E-state index is -0.392. The number of anilines is 5. The summed E-state index contributed by atoms with van der Waals surface area (Å²) >= 11 is 0. The van der Waals surface area contributed by atoms with Gasteiger partial charge in [-0.1, -0.05) is 42.8 Å². The SMILES string of the molecule is O=C(Nc1ccc(Nc2nc(/C=C/c3ccccc3)nc(N3CCOCC3)n2)cc1)Nc1ccc(C(=O)NCCN2CCCCC2)cc1. The topological polar surface area (TPSA) is 137 Å². The lowest BCUT2D eigenvalue weighted by Gasteiger charge is -2.27. The molecule has 0 saturated carbocycles. The van der Waals surface area contributed by atoms with Crippen molar-refractivity contribution in [3.05, 3.63) is 95.8 Å². The molecule has 12 nitrogen and oxygen atoms in total. The van der Waals surface area contributed by atoms with Crippen LogP contribution in [0.5, 0.6) is 0 Å². The Morgan fingerprint density at radius 1 is 0.729 bits per heavy atom. The van der Waals surface area contributed by atoms with Crippen molar-refractivity contribution in [2.75, 3.05) is 73.3 Å². The number of nitrogens with one attached hydrogen (secondary N) is 4. The van der Waals surface area contributed by atoms with E-state index in [9.17, 15) is 9.59 Å². The molecule has 2 aliphatic rings. The number of likely N-dealkylation sites (tertiary alicyclic amines) is 1. The molecular weight excluding hydrogens is 606 g/mol. The largest absolute Gasteiger partial charge is 0.378 e. The summed E-state index contributed by atoms with van der Waals surface area (Å²) in [5.41, 5.74) is 3.54. The van der Waals surface area contributed by atoms with Gasteiger partial charge < -0.3 is 35.8 Å². The molecule has 0 bridgehead atoms. The molecule has 2 aliphatic heterocycles. The maximum atomic E-state index is 12.7. The summed E-state index contributed by atoms with van der Waals surface area (Å²) in [5, 5.41) is 11.9. The normalized spacial score (nSPS) is 15.2. The zero-order chi connectivity index (χ0) is 33.0. The molecule has 4 aromatic rings. The summed E-state index contributed by atoms with van der Waals surface area (Å²) < 4.78 is 5.50. The van der Waals surface area contributed by atoms with E-state index in [0.29, 0.717) is 67.5 Å². The van der Waals surface area contributed by atoms with E-state index in [0.717, 1.165) is 30.9 Å². The summed E-state index contributed by atoms with van der Waals surface area (Å²) in [6.07, 6.45) is 7.59. The fourth-order valence-electron chi connectivity index (χ4n) is 5.53. The third-order valence-electron chi connectivity index (χ3n) is 8.13. The van der Waals surface area contributed by atoms with Gasteiger partial charge in [-0.25, -0.2) is 4.79 Å². The second-order valence-corrected chi connectivity index (χ2v) is 11.7. The number of rotatable bonds is 11. The van der Waals surface area contributed by atoms with Gasteiger partial charge in [0.15, 0.2) is 5.82 Å². The number of nitrogens with zero attached hydrogens (tertiary/aromatic N) is 5. The molecule has 3 amide bonds. The van der Waals surface area contributed by atoms with Crippen LogP contribution >= 0.6 is 0 Å². The van der Waals surface area contributed by atoms with Crippen LogP contribution in [0.1, 0.15) is 41.0 Å². The van der Waals surface area contributed by atoms with Crippen LogP contribution in [0.25, 0.3) is 12.2 Å². The lowest BCUT2D eigenvalue weighted by molar-refractivity contribution is 0.0946. The lowest BCUT2D eigenvalue weighted by Crippen LogP contribution is -2.37. The van der Waals surface area contributed by atoms with E-state index in [2.05, 4.69) is 46.0 Å². The smallest absolute Gasteiger partial charge is 0.323 e. The fraction of sp³-hybridized carbons (Fsp3) is 0.306. The fourth-order valence-corrected chi connectivity index (χ4v) is 5.53. The Labute approximate surface area is 280 Å². The molecule has 0 aliphatic carbocycles. The first-order valence-electron chi connectivity index (χ1n) is 16.4. The van der Waals surface area contributed by atoms with Crippen molar-refractivity contribution < 1.29 is 14.3 Å². The van der Waals surface area contributed by atoms with Crippen molar-refractivity contribution in [2.24, 2.45) is 0 Å². The molecule has 6 rings (SSSR count). The van der Waals surface area contributed by atoms with E-state index < -0.39 is 6.03 Å². The van der Waals surface area contributed by atoms with E-state index in [1.165, 1.54) is 19.3 Å². The van der Waals surface area contributed by atoms with Crippen LogP contribution in [-0.2, 0) is 4.74 Å². The number of piperidine rings is 1. The average molecular weight is 648 g/mol. The number of morpholine rings is 1. The molecule has 0 atom stereocenters. The maximum absolute atomic E-state index is 12.7. The lowest BCUT2D eigenvalue weighted by atomic mass is 10.1. The van der Waals surface area contributed by atoms with Crippen LogP contribution < -0.4 is 26.2 Å². The molecule has 0 radical (unpaired) electrons. The van der Waals surface area contributed by atoms with Crippen LogP contribution in [0.3, 0.4) is 0 Å². The predicted octanol–water partition coefficient (Wildman–Crippen LogP) is 5.48. The Hall–Kier alpha value is -5.33. The Bertz CT molecular complexity index is 1670. The van der Waals surface area contributed by atoms with Gasteiger partial charge in [0.25, 0.3) is 5.91 Å². The second kappa shape index (κ2) is 16.5. The number of aromatic nitrogens is 3. The Kier molecular flexibility index (Phi) is 11.2. The van der Waals surface area contributed by atoms with Crippen LogP contribution in [0, 0.1) is 0 Å². The monoisotopic (exact) mass is 647 g/mol. The molecule has 1 aromatic heterocycles. The molecule has 0 unspecified atom stereocenters. The van der Waals surface area contributed by atoms with Crippen LogP contribution in [-0.4, -0.2) is 84.3 Å². The van der Waals surface area contributed by atoms with Crippen molar-refractivity contribution in [3.8, 4) is 0 Å². The van der Waals surface area contributed by atoms with E-state index in [1.807, 2.05) is 54.6 Å². The standard InChI is InChI=1S/C36H41N9O3/c46-33(37-19-22-44-20-5-2-6-21-44)28-10-12-30(13-11-28)39-36(47)40-31-16-14-29(15-17-31)38-34-41-32(18-9-27-7-3-1-4-8-27)42-35(43-34)45-23-25-48-26-24-45/h1,3-4,7-18H,2,5-6,19-26H2,(H,37,46)(H2,39,40,47)(H,38,41,42,43)/b18-9+. The highest BCUT2D eigenvalue weighted by Gasteiger charge is 2.17. The Balaban J connectivity index is 1.02. The van der Waals surface area contributed by atoms with E-state index >= 15 is 0 Å². The molecule has 248 valence electrons. The maximum Gasteiger partial charge on any atom is 0.323 e. The van der Waals surface area contributed by atoms with Gasteiger partial charge in [-0.15, -0.1) is 0 Å². The van der Waals surface area contributed by atoms with Gasteiger partial charge in [0, 0.05) is 48.8 Å². The van der Waals surface area contributed by atoms with Crippen molar-refractivity contribution >= 4 is 53.0 Å². The number of ether oxygens (including phenoxy) is 1. The highest BCUT2D eigenvalue weighted by atomic mass is 16.5. The molecular formula is C36H41N9O3. The number of hydrogen-bond donors (Lipinski definition) is 4. The molecule has 3 heterocycles. The highest BCUT2D eigenvalue weighted by Crippen LogP contribution is 2.20. The number of amides is 3. The third-order valence-corrected chi connectivity index (χ3v) is 8.13. The summed E-state index contributed by atoms with van der Waals surface area (Å²) in [5.74, 6) is 1.41. The first-order valence-corrected chi connectivity index (χ1v) is 16.4. The van der Waals surface area contributed by atoms with Gasteiger partial charge in [0.05, 0.1) is 13.2 Å². The first kappa shape index (κ1) is 32.6. The number of benzene rings is 3. The minimum absolute atomic E-state index is 0.119. The van der Waals surface area contributed by atoms with Crippen LogP contribution in [0.4, 0.5) is 33.8 Å². The van der Waals surface area contributed by atoms with Gasteiger partial charge in [0.1, 0.15) is 0 Å². The third kappa shape index (κ3) is 9.60. The van der Waals surface area contributed by atoms with E-state index in [1.54, 1.807) is 36.4 Å². The molecule has 4 N–H and O–H groups in total. The zero-order valence-electron chi connectivity index (χ0n) is 26.9. The number of carbonyl (C=O) groups excluding carboxylic acids is 2. The minimum Gasteiger partial charge on any atom is -0.378 e. The van der Waals surface area contributed by atoms with Crippen molar-refractivity contribution in [1.82, 2.24) is 25.2 Å². The molecule has 2 fully saturated rings. The van der Waals surface area contributed by atoms with Crippen LogP contribution in [0.2, 0.25) is 0 Å². The van der Waals surface area contributed by atoms with Crippen molar-refractivity contribution in [3.63, 3.8) is 0 Å². The van der Waals surface area contributed by atoms with Crippen LogP contribution in [0.15, 0.2) is 78.9 Å². The Morgan fingerprint density at radius 3 is 2.10 bits per heavy atom. The average Bonchev–Trinajstić information content (AvgIpc) is 3.13. The molecule has 12 heteroatoms. The summed E-state index contributed by atoms with van der Waals surface area (Å²) in [6, 6.07) is 23.7. The first-order chi connectivity index (χ1) is 23.6. The summed E-state index contributed by atoms with van der Waals surface area (Å²) in [6.45, 7) is 6.33. The predicted molar refractivity (Wildman–Crippen MR) is 190 cm³/mol. The summed E-state index contributed by atoms with van der Waals surface area (Å²) in [7, 11) is 0. The van der Waals surface area contributed by atoms with Crippen molar-refractivity contribution in [2.45, 2.75) is 19.3 Å². The molecule has 3 aromatic carbocycles. The molecule has 2 saturated heterocycles. The van der Waals surface area contributed by atoms with Gasteiger partial charge in [-0.05, 0) is 86.1 Å². The number of carbonyl (C=O) groups is 2. The summed E-state index contributed by atoms with van der Waals surface area (Å²) in [4.78, 5) is 43.7. The molecule has 48 heavy (non-hydrogen) atoms. The van der Waals surface area contributed by atoms with Crippen molar-refractivity contribution in [1.29, 1.82) is 0 Å². The van der Waals surface area contributed by atoms with E-state index in [4.69, 9.17) is 4.74 Å².